The van der Waals surface area contributed by atoms with Crippen molar-refractivity contribution in [2.24, 2.45) is 4.99 Å². The minimum atomic E-state index is -0.484. The summed E-state index contributed by atoms with van der Waals surface area (Å²) in [5.41, 5.74) is -0.896. The van der Waals surface area contributed by atoms with Crippen LogP contribution in [0, 0.1) is 0 Å². The zero-order chi connectivity index (χ0) is 14.5. The third-order valence-corrected chi connectivity index (χ3v) is 2.43. The first-order valence-electron chi connectivity index (χ1n) is 6.71. The van der Waals surface area contributed by atoms with Gasteiger partial charge in [0.25, 0.3) is 0 Å². The smallest absolute Gasteiger partial charge is 0.408 e. The number of nitrogens with zero attached hydrogens (tertiary/aromatic N) is 1. The van der Waals surface area contributed by atoms with Crippen LogP contribution in [0.3, 0.4) is 0 Å². The number of carbonyl (C=O) groups excluding carboxylic acids is 1. The maximum atomic E-state index is 11.7. The topological polar surface area (TPSA) is 74.8 Å². The van der Waals surface area contributed by atoms with Gasteiger partial charge in [0.05, 0.1) is 5.54 Å². The Morgan fingerprint density at radius 2 is 2.05 bits per heavy atom. The maximum absolute atomic E-state index is 11.7. The molecule has 0 unspecified atom stereocenters. The molecular formula is C13H26N4O2. The van der Waals surface area contributed by atoms with Crippen LogP contribution in [-0.2, 0) is 4.74 Å². The molecule has 0 saturated carbocycles. The third kappa shape index (κ3) is 6.88. The largest absolute Gasteiger partial charge is 0.444 e. The lowest BCUT2D eigenvalue weighted by Crippen LogP contribution is -2.54. The van der Waals surface area contributed by atoms with Crippen molar-refractivity contribution in [3.05, 3.63) is 0 Å². The zero-order valence-electron chi connectivity index (χ0n) is 12.6. The van der Waals surface area contributed by atoms with Crippen LogP contribution in [0.4, 0.5) is 4.79 Å². The molecule has 1 rings (SSSR count). The normalized spacial score (nSPS) is 16.2. The number of aliphatic imine (C=N–C) groups is 1. The molecule has 0 aromatic carbocycles. The van der Waals surface area contributed by atoms with Crippen LogP contribution in [0.2, 0.25) is 0 Å². The highest BCUT2D eigenvalue weighted by Gasteiger charge is 2.24. The maximum Gasteiger partial charge on any atom is 0.408 e. The number of alkyl carbamates (subject to hydrolysis) is 1. The van der Waals surface area contributed by atoms with E-state index in [2.05, 4.69) is 20.9 Å². The van der Waals surface area contributed by atoms with Crippen molar-refractivity contribution in [1.29, 1.82) is 0 Å². The fourth-order valence-corrected chi connectivity index (χ4v) is 1.58. The molecule has 1 aliphatic rings. The van der Waals surface area contributed by atoms with Gasteiger partial charge in [0, 0.05) is 19.6 Å². The third-order valence-electron chi connectivity index (χ3n) is 2.43. The molecule has 3 N–H and O–H groups in total. The van der Waals surface area contributed by atoms with Gasteiger partial charge in [-0.3, -0.25) is 4.99 Å². The van der Waals surface area contributed by atoms with Gasteiger partial charge in [0.2, 0.25) is 0 Å². The van der Waals surface area contributed by atoms with Gasteiger partial charge in [-0.2, -0.15) is 0 Å². The molecule has 0 fully saturated rings. The van der Waals surface area contributed by atoms with E-state index in [4.69, 9.17) is 4.74 Å². The molecule has 0 saturated heterocycles. The molecule has 19 heavy (non-hydrogen) atoms. The van der Waals surface area contributed by atoms with Crippen molar-refractivity contribution in [3.63, 3.8) is 0 Å². The summed E-state index contributed by atoms with van der Waals surface area (Å²) in [6, 6.07) is 0. The predicted octanol–water partition coefficient (Wildman–Crippen LogP) is 1.23. The summed E-state index contributed by atoms with van der Waals surface area (Å²) in [5, 5.41) is 9.22. The Morgan fingerprint density at radius 3 is 2.58 bits per heavy atom. The van der Waals surface area contributed by atoms with Gasteiger partial charge in [-0.05, 0) is 41.0 Å². The van der Waals surface area contributed by atoms with Crippen LogP contribution in [0.1, 0.15) is 41.0 Å². The lowest BCUT2D eigenvalue weighted by molar-refractivity contribution is 0.0474. The zero-order valence-corrected chi connectivity index (χ0v) is 12.6. The number of hydrogen-bond donors (Lipinski definition) is 3. The summed E-state index contributed by atoms with van der Waals surface area (Å²) >= 11 is 0. The number of rotatable bonds is 3. The van der Waals surface area contributed by atoms with Gasteiger partial charge in [0.1, 0.15) is 5.60 Å². The Labute approximate surface area is 115 Å². The Hall–Kier alpha value is -1.46. The van der Waals surface area contributed by atoms with Crippen LogP contribution in [0.25, 0.3) is 0 Å². The summed E-state index contributed by atoms with van der Waals surface area (Å²) in [7, 11) is 0. The standard InChI is InChI=1S/C13H26N4O2/c1-12(2,3)19-11(18)17-13(4,5)9-16-10-14-7-6-8-15-10/h6-9H2,1-5H3,(H,17,18)(H2,14,15,16). The van der Waals surface area contributed by atoms with Crippen molar-refractivity contribution in [1.82, 2.24) is 16.0 Å². The molecule has 6 nitrogen and oxygen atoms in total. The molecule has 0 aliphatic carbocycles. The van der Waals surface area contributed by atoms with E-state index in [1.165, 1.54) is 0 Å². The molecule has 1 amide bonds. The van der Waals surface area contributed by atoms with Crippen molar-refractivity contribution in [2.45, 2.75) is 52.2 Å². The minimum Gasteiger partial charge on any atom is -0.444 e. The van der Waals surface area contributed by atoms with Crippen LogP contribution in [0.5, 0.6) is 0 Å². The molecule has 0 spiro atoms. The van der Waals surface area contributed by atoms with E-state index in [9.17, 15) is 4.79 Å². The molecule has 110 valence electrons. The lowest BCUT2D eigenvalue weighted by Gasteiger charge is -2.29. The molecule has 6 heteroatoms. The summed E-state index contributed by atoms with van der Waals surface area (Å²) in [6.45, 7) is 11.8. The van der Waals surface area contributed by atoms with Gasteiger partial charge in [-0.25, -0.2) is 4.79 Å². The van der Waals surface area contributed by atoms with E-state index < -0.39 is 17.2 Å². The highest BCUT2D eigenvalue weighted by atomic mass is 16.6. The Balaban J connectivity index is 2.38. The molecule has 0 aromatic rings. The van der Waals surface area contributed by atoms with Crippen molar-refractivity contribution < 1.29 is 9.53 Å². The fraction of sp³-hybridized carbons (Fsp3) is 0.846. The van der Waals surface area contributed by atoms with Gasteiger partial charge >= 0.3 is 6.09 Å². The summed E-state index contributed by atoms with van der Waals surface area (Å²) in [4.78, 5) is 16.0. The average molecular weight is 270 g/mol. The first-order valence-corrected chi connectivity index (χ1v) is 6.71. The van der Waals surface area contributed by atoms with Crippen LogP contribution >= 0.6 is 0 Å². The van der Waals surface area contributed by atoms with Gasteiger partial charge in [-0.15, -0.1) is 0 Å². The van der Waals surface area contributed by atoms with E-state index in [-0.39, 0.29) is 0 Å². The molecule has 0 radical (unpaired) electrons. The van der Waals surface area contributed by atoms with Gasteiger partial charge in [0.15, 0.2) is 5.96 Å². The predicted molar refractivity (Wildman–Crippen MR) is 76.4 cm³/mol. The van der Waals surface area contributed by atoms with Gasteiger partial charge in [-0.1, -0.05) is 0 Å². The van der Waals surface area contributed by atoms with E-state index >= 15 is 0 Å². The number of hydrogen-bond acceptors (Lipinski definition) is 5. The number of nitrogens with one attached hydrogen (secondary N) is 3. The molecular weight excluding hydrogens is 244 g/mol. The Bertz CT molecular complexity index is 345. The van der Waals surface area contributed by atoms with Crippen LogP contribution < -0.4 is 16.0 Å². The van der Waals surface area contributed by atoms with Crippen LogP contribution in [-0.4, -0.2) is 42.8 Å². The second-order valence-electron chi connectivity index (χ2n) is 6.37. The lowest BCUT2D eigenvalue weighted by atomic mass is 10.1. The van der Waals surface area contributed by atoms with Crippen molar-refractivity contribution in [2.75, 3.05) is 19.6 Å². The fourth-order valence-electron chi connectivity index (χ4n) is 1.58. The number of guanidine groups is 1. The first kappa shape index (κ1) is 15.6. The highest BCUT2D eigenvalue weighted by Crippen LogP contribution is 2.09. The second-order valence-corrected chi connectivity index (χ2v) is 6.37. The number of carbonyl (C=O) groups is 1. The SMILES string of the molecule is CC(C)(CNC1=NCCCN1)NC(=O)OC(C)(C)C. The van der Waals surface area contributed by atoms with Crippen molar-refractivity contribution in [3.8, 4) is 0 Å². The monoisotopic (exact) mass is 270 g/mol. The molecule has 1 heterocycles. The molecule has 0 bridgehead atoms. The molecule has 1 aliphatic heterocycles. The van der Waals surface area contributed by atoms with Crippen LogP contribution in [0.15, 0.2) is 4.99 Å². The second kappa shape index (κ2) is 6.12. The summed E-state index contributed by atoms with van der Waals surface area (Å²) < 4.78 is 5.24. The van der Waals surface area contributed by atoms with E-state index in [0.29, 0.717) is 6.54 Å². The quantitative estimate of drug-likeness (QED) is 0.721. The molecule has 0 atom stereocenters. The summed E-state index contributed by atoms with van der Waals surface area (Å²) in [5.74, 6) is 0.797. The first-order chi connectivity index (χ1) is 8.68. The van der Waals surface area contributed by atoms with Gasteiger partial charge < -0.3 is 20.7 Å². The average Bonchev–Trinajstić information content (AvgIpc) is 2.24. The highest BCUT2D eigenvalue weighted by molar-refractivity contribution is 5.80. The number of amides is 1. The Kier molecular flexibility index (Phi) is 5.03. The van der Waals surface area contributed by atoms with E-state index in [1.54, 1.807) is 0 Å². The summed E-state index contributed by atoms with van der Waals surface area (Å²) in [6.07, 6.45) is 0.655. The minimum absolute atomic E-state index is 0.405. The van der Waals surface area contributed by atoms with E-state index in [1.807, 2.05) is 34.6 Å². The van der Waals surface area contributed by atoms with E-state index in [0.717, 1.165) is 25.5 Å². The van der Waals surface area contributed by atoms with Crippen molar-refractivity contribution >= 4 is 12.1 Å². The Morgan fingerprint density at radius 1 is 1.37 bits per heavy atom. The molecule has 0 aromatic heterocycles. The number of ether oxygens (including phenoxy) is 1.